The van der Waals surface area contributed by atoms with Gasteiger partial charge in [0, 0.05) is 31.6 Å². The average molecular weight is 501 g/mol. The molecule has 1 aromatic rings. The zero-order valence-electron chi connectivity index (χ0n) is 23.8. The molecule has 0 heterocycles. The molecule has 0 aromatic heterocycles. The summed E-state index contributed by atoms with van der Waals surface area (Å²) in [6, 6.07) is 8.02. The summed E-state index contributed by atoms with van der Waals surface area (Å²) in [6.07, 6.45) is 2.83. The van der Waals surface area contributed by atoms with Gasteiger partial charge in [0.1, 0.15) is 5.60 Å². The Morgan fingerprint density at radius 2 is 1.56 bits per heavy atom. The van der Waals surface area contributed by atoms with Crippen LogP contribution in [-0.4, -0.2) is 36.8 Å². The zero-order valence-corrected chi connectivity index (χ0v) is 24.5. The highest BCUT2D eigenvalue weighted by atomic mass is 35.5. The quantitative estimate of drug-likeness (QED) is 0.303. The molecule has 0 spiro atoms. The van der Waals surface area contributed by atoms with E-state index in [-0.39, 0.29) is 16.9 Å². The van der Waals surface area contributed by atoms with Crippen molar-refractivity contribution in [1.29, 1.82) is 0 Å². The molecule has 3 N–H and O–H groups in total. The average Bonchev–Trinajstić information content (AvgIpc) is 2.75. The Morgan fingerprint density at radius 1 is 1.06 bits per heavy atom. The fourth-order valence-corrected chi connectivity index (χ4v) is 2.69. The molecule has 0 atom stereocenters. The summed E-state index contributed by atoms with van der Waals surface area (Å²) in [6.45, 7) is 25.6. The molecule has 0 fully saturated rings. The Hall–Kier alpha value is -1.72. The first-order valence-corrected chi connectivity index (χ1v) is 12.7. The molecular weight excluding hydrogens is 448 g/mol. The lowest BCUT2D eigenvalue weighted by Crippen LogP contribution is -2.37. The maximum Gasteiger partial charge on any atom is 0.220 e. The number of aryl methyl sites for hydroxylation is 1. The van der Waals surface area contributed by atoms with Gasteiger partial charge in [0.2, 0.25) is 5.91 Å². The number of carbonyl (C=O) groups is 1. The van der Waals surface area contributed by atoms with Crippen LogP contribution < -0.4 is 10.6 Å². The first-order chi connectivity index (χ1) is 15.7. The number of aliphatic hydroxyl groups excluding tert-OH is 1. The molecule has 0 aliphatic heterocycles. The van der Waals surface area contributed by atoms with E-state index in [0.717, 1.165) is 25.1 Å². The SMILES string of the molecule is C=C(NCC(C)(C)CC(=O)NCC(C)C)OC(C)(C)C.CC.CCCc1ccc(Cl)cc1.CO. The fourth-order valence-electron chi connectivity index (χ4n) is 2.56. The lowest BCUT2D eigenvalue weighted by molar-refractivity contribution is -0.123. The van der Waals surface area contributed by atoms with E-state index < -0.39 is 0 Å². The van der Waals surface area contributed by atoms with Crippen LogP contribution in [0.4, 0.5) is 0 Å². The molecule has 1 rings (SSSR count). The summed E-state index contributed by atoms with van der Waals surface area (Å²) in [5.74, 6) is 1.11. The van der Waals surface area contributed by atoms with Crippen LogP contribution in [0.2, 0.25) is 5.02 Å². The molecule has 0 unspecified atom stereocenters. The highest BCUT2D eigenvalue weighted by molar-refractivity contribution is 6.30. The normalized spacial score (nSPS) is 10.4. The van der Waals surface area contributed by atoms with Crippen LogP contribution in [0.15, 0.2) is 36.7 Å². The van der Waals surface area contributed by atoms with Crippen molar-refractivity contribution in [3.63, 3.8) is 0 Å². The number of carbonyl (C=O) groups excluding carboxylic acids is 1. The molecule has 0 bridgehead atoms. The predicted molar refractivity (Wildman–Crippen MR) is 149 cm³/mol. The van der Waals surface area contributed by atoms with Crippen LogP contribution in [0.25, 0.3) is 0 Å². The van der Waals surface area contributed by atoms with E-state index in [0.29, 0.717) is 24.8 Å². The van der Waals surface area contributed by atoms with Gasteiger partial charge in [0.25, 0.3) is 0 Å². The van der Waals surface area contributed by atoms with Crippen LogP contribution in [0.3, 0.4) is 0 Å². The van der Waals surface area contributed by atoms with Gasteiger partial charge >= 0.3 is 0 Å². The molecule has 1 amide bonds. The molecule has 0 saturated carbocycles. The van der Waals surface area contributed by atoms with E-state index in [4.69, 9.17) is 21.4 Å². The number of halogens is 1. The van der Waals surface area contributed by atoms with Gasteiger partial charge in [0.15, 0.2) is 5.88 Å². The summed E-state index contributed by atoms with van der Waals surface area (Å²) in [5.41, 5.74) is 0.959. The zero-order chi connectivity index (χ0) is 27.4. The van der Waals surface area contributed by atoms with Crippen molar-refractivity contribution in [2.75, 3.05) is 20.2 Å². The summed E-state index contributed by atoms with van der Waals surface area (Å²) >= 11 is 5.71. The van der Waals surface area contributed by atoms with Crippen LogP contribution in [-0.2, 0) is 16.0 Å². The van der Waals surface area contributed by atoms with Crippen molar-refractivity contribution < 1.29 is 14.6 Å². The Kier molecular flexibility index (Phi) is 22.4. The number of aliphatic hydroxyl groups is 1. The lowest BCUT2D eigenvalue weighted by Gasteiger charge is -2.28. The Labute approximate surface area is 215 Å². The van der Waals surface area contributed by atoms with E-state index in [1.54, 1.807) is 0 Å². The fraction of sp³-hybridized carbons (Fsp3) is 0.679. The van der Waals surface area contributed by atoms with E-state index in [1.807, 2.05) is 46.8 Å². The molecule has 200 valence electrons. The number of rotatable bonds is 10. The van der Waals surface area contributed by atoms with Gasteiger partial charge in [-0.1, -0.05) is 78.6 Å². The van der Waals surface area contributed by atoms with Crippen molar-refractivity contribution in [2.45, 2.75) is 94.1 Å². The second kappa shape index (κ2) is 20.6. The molecule has 1 aromatic carbocycles. The third-order valence-corrected chi connectivity index (χ3v) is 4.24. The molecular formula is C28H53ClN2O3. The maximum absolute atomic E-state index is 11.8. The predicted octanol–water partition coefficient (Wildman–Crippen LogP) is 6.98. The van der Waals surface area contributed by atoms with Gasteiger partial charge in [-0.3, -0.25) is 4.79 Å². The molecule has 6 heteroatoms. The Bertz CT molecular complexity index is 636. The largest absolute Gasteiger partial charge is 0.474 e. The molecule has 34 heavy (non-hydrogen) atoms. The van der Waals surface area contributed by atoms with Gasteiger partial charge in [-0.2, -0.15) is 0 Å². The van der Waals surface area contributed by atoms with E-state index in [1.165, 1.54) is 12.0 Å². The minimum absolute atomic E-state index is 0.0906. The van der Waals surface area contributed by atoms with Gasteiger partial charge < -0.3 is 20.5 Å². The second-order valence-corrected chi connectivity index (χ2v) is 10.3. The number of hydrogen-bond acceptors (Lipinski definition) is 4. The summed E-state index contributed by atoms with van der Waals surface area (Å²) < 4.78 is 5.61. The number of ether oxygens (including phenoxy) is 1. The van der Waals surface area contributed by atoms with Crippen molar-refractivity contribution in [1.82, 2.24) is 10.6 Å². The highest BCUT2D eigenvalue weighted by Gasteiger charge is 2.23. The first-order valence-electron chi connectivity index (χ1n) is 12.3. The van der Waals surface area contributed by atoms with Crippen LogP contribution in [0.1, 0.15) is 87.6 Å². The Morgan fingerprint density at radius 3 is 1.97 bits per heavy atom. The van der Waals surface area contributed by atoms with Crippen LogP contribution in [0.5, 0.6) is 0 Å². The third-order valence-electron chi connectivity index (χ3n) is 3.99. The van der Waals surface area contributed by atoms with Crippen LogP contribution >= 0.6 is 11.6 Å². The van der Waals surface area contributed by atoms with Crippen molar-refractivity contribution in [3.05, 3.63) is 47.3 Å². The van der Waals surface area contributed by atoms with E-state index in [9.17, 15) is 4.79 Å². The number of nitrogens with one attached hydrogen (secondary N) is 2. The first kappa shape index (κ1) is 36.8. The second-order valence-electron chi connectivity index (χ2n) is 9.91. The smallest absolute Gasteiger partial charge is 0.220 e. The topological polar surface area (TPSA) is 70.6 Å². The van der Waals surface area contributed by atoms with Crippen LogP contribution in [0, 0.1) is 11.3 Å². The number of benzene rings is 1. The van der Waals surface area contributed by atoms with Crippen molar-refractivity contribution >= 4 is 17.5 Å². The molecule has 0 radical (unpaired) electrons. The molecule has 0 aliphatic rings. The number of hydrogen-bond donors (Lipinski definition) is 3. The van der Waals surface area contributed by atoms with Gasteiger partial charge in [-0.05, 0) is 62.8 Å². The monoisotopic (exact) mass is 500 g/mol. The molecule has 0 aliphatic carbocycles. The molecule has 0 saturated heterocycles. The van der Waals surface area contributed by atoms with Gasteiger partial charge in [0.05, 0.1) is 0 Å². The molecule has 5 nitrogen and oxygen atoms in total. The minimum Gasteiger partial charge on any atom is -0.474 e. The van der Waals surface area contributed by atoms with Gasteiger partial charge in [-0.25, -0.2) is 0 Å². The Balaban J connectivity index is -0.000000569. The van der Waals surface area contributed by atoms with Crippen molar-refractivity contribution in [3.8, 4) is 0 Å². The minimum atomic E-state index is -0.261. The van der Waals surface area contributed by atoms with Crippen molar-refractivity contribution in [2.24, 2.45) is 11.3 Å². The lowest BCUT2D eigenvalue weighted by atomic mass is 9.89. The summed E-state index contributed by atoms with van der Waals surface area (Å²) in [5, 5.41) is 13.9. The van der Waals surface area contributed by atoms with Gasteiger partial charge in [-0.15, -0.1) is 0 Å². The summed E-state index contributed by atoms with van der Waals surface area (Å²) in [4.78, 5) is 11.8. The summed E-state index contributed by atoms with van der Waals surface area (Å²) in [7, 11) is 1.00. The maximum atomic E-state index is 11.8. The third kappa shape index (κ3) is 24.9. The number of amides is 1. The highest BCUT2D eigenvalue weighted by Crippen LogP contribution is 2.20. The van der Waals surface area contributed by atoms with E-state index >= 15 is 0 Å². The standard InChI is InChI=1S/C16H32N2O2.C9H11Cl.C2H6.CH4O/c1-12(2)10-17-14(19)9-16(7,8)11-18-13(3)20-15(4,5)6;1-2-3-8-4-6-9(10)7-5-8;2*1-2/h12,18H,3,9-11H2,1-2,4-8H3,(H,17,19);4-7H,2-3H2,1H3;1-2H3;2H,1H3. The van der Waals surface area contributed by atoms with E-state index in [2.05, 4.69) is 64.0 Å².